The molecule has 0 fully saturated rings. The molecule has 0 atom stereocenters. The highest BCUT2D eigenvalue weighted by atomic mass is 32.1. The van der Waals surface area contributed by atoms with Crippen LogP contribution in [0.15, 0.2) is 41.8 Å². The van der Waals surface area contributed by atoms with Crippen LogP contribution in [0.2, 0.25) is 0 Å². The fraction of sp³-hybridized carbons (Fsp3) is 0.111. The van der Waals surface area contributed by atoms with Crippen molar-refractivity contribution >= 4 is 22.4 Å². The van der Waals surface area contributed by atoms with Gasteiger partial charge in [-0.1, -0.05) is 12.1 Å². The van der Waals surface area contributed by atoms with E-state index in [1.54, 1.807) is 0 Å². The third-order valence-electron chi connectivity index (χ3n) is 3.70. The third kappa shape index (κ3) is 3.33. The lowest BCUT2D eigenvalue weighted by Gasteiger charge is -2.04. The molecule has 3 rings (SSSR count). The summed E-state index contributed by atoms with van der Waals surface area (Å²) < 4.78 is 26.5. The summed E-state index contributed by atoms with van der Waals surface area (Å²) in [6.07, 6.45) is 0. The molecule has 0 aliphatic heterocycles. The summed E-state index contributed by atoms with van der Waals surface area (Å²) in [5.41, 5.74) is 3.80. The molecule has 122 valence electrons. The number of carbonyl (C=O) groups excluding carboxylic acids is 1. The molecule has 0 aliphatic carbocycles. The molecule has 0 unspecified atom stereocenters. The number of hydrogen-bond donors (Lipinski definition) is 1. The zero-order valence-electron chi connectivity index (χ0n) is 13.1. The molecule has 1 aromatic heterocycles. The van der Waals surface area contributed by atoms with Gasteiger partial charge in [0.2, 0.25) is 0 Å². The lowest BCUT2D eigenvalue weighted by atomic mass is 10.1. The molecule has 0 saturated heterocycles. The molecule has 24 heavy (non-hydrogen) atoms. The van der Waals surface area contributed by atoms with Crippen molar-refractivity contribution in [2.75, 3.05) is 5.32 Å². The Morgan fingerprint density at radius 2 is 1.88 bits per heavy atom. The van der Waals surface area contributed by atoms with Crippen LogP contribution in [0.3, 0.4) is 0 Å². The average Bonchev–Trinajstić information content (AvgIpc) is 2.98. The summed E-state index contributed by atoms with van der Waals surface area (Å²) >= 11 is 1.25. The Bertz CT molecular complexity index is 921. The number of halogens is 2. The first-order chi connectivity index (χ1) is 11.4. The Morgan fingerprint density at radius 1 is 1.08 bits per heavy atom. The second-order valence-electron chi connectivity index (χ2n) is 5.42. The van der Waals surface area contributed by atoms with Gasteiger partial charge in [0.25, 0.3) is 5.91 Å². The summed E-state index contributed by atoms with van der Waals surface area (Å²) in [5, 5.41) is 4.72. The van der Waals surface area contributed by atoms with Crippen molar-refractivity contribution in [3.63, 3.8) is 0 Å². The number of thiazole rings is 1. The van der Waals surface area contributed by atoms with E-state index in [1.807, 2.05) is 37.4 Å². The van der Waals surface area contributed by atoms with Gasteiger partial charge >= 0.3 is 0 Å². The Morgan fingerprint density at radius 3 is 2.58 bits per heavy atom. The van der Waals surface area contributed by atoms with Gasteiger partial charge in [0.05, 0.1) is 11.3 Å². The van der Waals surface area contributed by atoms with Gasteiger partial charge in [-0.25, -0.2) is 13.8 Å². The second kappa shape index (κ2) is 6.49. The van der Waals surface area contributed by atoms with E-state index in [-0.39, 0.29) is 5.56 Å². The fourth-order valence-corrected chi connectivity index (χ4v) is 2.92. The lowest BCUT2D eigenvalue weighted by Crippen LogP contribution is -2.13. The van der Waals surface area contributed by atoms with Crippen LogP contribution >= 0.6 is 11.3 Å². The summed E-state index contributed by atoms with van der Waals surface area (Å²) in [7, 11) is 0. The van der Waals surface area contributed by atoms with Gasteiger partial charge in [-0.3, -0.25) is 10.1 Å². The number of nitrogens with one attached hydrogen (secondary N) is 1. The van der Waals surface area contributed by atoms with Crippen LogP contribution in [-0.2, 0) is 0 Å². The van der Waals surface area contributed by atoms with E-state index in [2.05, 4.69) is 10.3 Å². The number of aromatic nitrogens is 1. The standard InChI is InChI=1S/C18H14F2N2OS/c1-10-3-4-12(7-11(10)2)16-9-24-18(21-16)22-17(23)14-6-5-13(19)8-15(14)20/h3-9H,1-2H3,(H,21,22,23). The van der Waals surface area contributed by atoms with E-state index in [9.17, 15) is 13.6 Å². The number of anilines is 1. The number of rotatable bonds is 3. The van der Waals surface area contributed by atoms with Crippen molar-refractivity contribution in [2.24, 2.45) is 0 Å². The number of nitrogens with zero attached hydrogens (tertiary/aromatic N) is 1. The zero-order valence-corrected chi connectivity index (χ0v) is 13.9. The Hall–Kier alpha value is -2.60. The quantitative estimate of drug-likeness (QED) is 0.730. The topological polar surface area (TPSA) is 42.0 Å². The highest BCUT2D eigenvalue weighted by Gasteiger charge is 2.14. The molecule has 2 aromatic carbocycles. The van der Waals surface area contributed by atoms with E-state index in [0.717, 1.165) is 29.0 Å². The van der Waals surface area contributed by atoms with Gasteiger partial charge in [0.1, 0.15) is 11.6 Å². The molecule has 0 spiro atoms. The summed E-state index contributed by atoms with van der Waals surface area (Å²) in [6, 6.07) is 8.82. The van der Waals surface area contributed by atoms with Crippen molar-refractivity contribution < 1.29 is 13.6 Å². The first-order valence-electron chi connectivity index (χ1n) is 7.23. The molecule has 1 heterocycles. The SMILES string of the molecule is Cc1ccc(-c2csc(NC(=O)c3ccc(F)cc3F)n2)cc1C. The highest BCUT2D eigenvalue weighted by Crippen LogP contribution is 2.27. The largest absolute Gasteiger partial charge is 0.298 e. The first-order valence-corrected chi connectivity index (χ1v) is 8.11. The predicted molar refractivity (Wildman–Crippen MR) is 91.3 cm³/mol. The minimum atomic E-state index is -0.904. The number of carbonyl (C=O) groups is 1. The van der Waals surface area contributed by atoms with Crippen LogP contribution in [0.5, 0.6) is 0 Å². The Kier molecular flexibility index (Phi) is 4.40. The van der Waals surface area contributed by atoms with Crippen LogP contribution in [-0.4, -0.2) is 10.9 Å². The maximum absolute atomic E-state index is 13.6. The van der Waals surface area contributed by atoms with Gasteiger partial charge in [-0.05, 0) is 43.2 Å². The van der Waals surface area contributed by atoms with Crippen LogP contribution in [0.4, 0.5) is 13.9 Å². The maximum atomic E-state index is 13.6. The minimum absolute atomic E-state index is 0.223. The third-order valence-corrected chi connectivity index (χ3v) is 4.46. The maximum Gasteiger partial charge on any atom is 0.260 e. The number of amides is 1. The van der Waals surface area contributed by atoms with Crippen LogP contribution in [0, 0.1) is 25.5 Å². The molecule has 3 nitrogen and oxygen atoms in total. The zero-order chi connectivity index (χ0) is 17.3. The lowest BCUT2D eigenvalue weighted by molar-refractivity contribution is 0.102. The summed E-state index contributed by atoms with van der Waals surface area (Å²) in [4.78, 5) is 16.4. The molecule has 0 saturated carbocycles. The first kappa shape index (κ1) is 16.3. The van der Waals surface area contributed by atoms with E-state index in [1.165, 1.54) is 16.9 Å². The van der Waals surface area contributed by atoms with Crippen LogP contribution < -0.4 is 5.32 Å². The Labute approximate surface area is 142 Å². The van der Waals surface area contributed by atoms with Crippen molar-refractivity contribution in [2.45, 2.75) is 13.8 Å². The normalized spacial score (nSPS) is 10.7. The van der Waals surface area contributed by atoms with Crippen molar-refractivity contribution in [3.05, 3.63) is 70.1 Å². The highest BCUT2D eigenvalue weighted by molar-refractivity contribution is 7.14. The molecule has 1 amide bonds. The molecule has 0 bridgehead atoms. The Balaban J connectivity index is 1.80. The second-order valence-corrected chi connectivity index (χ2v) is 6.27. The van der Waals surface area contributed by atoms with Gasteiger partial charge in [-0.2, -0.15) is 0 Å². The molecular formula is C18H14F2N2OS. The predicted octanol–water partition coefficient (Wildman–Crippen LogP) is 4.96. The van der Waals surface area contributed by atoms with E-state index in [4.69, 9.17) is 0 Å². The summed E-state index contributed by atoms with van der Waals surface area (Å²) in [5.74, 6) is -2.29. The smallest absolute Gasteiger partial charge is 0.260 e. The van der Waals surface area contributed by atoms with E-state index >= 15 is 0 Å². The fourth-order valence-electron chi connectivity index (χ4n) is 2.20. The number of hydrogen-bond acceptors (Lipinski definition) is 3. The molecule has 3 aromatic rings. The van der Waals surface area contributed by atoms with Gasteiger partial charge < -0.3 is 0 Å². The number of aryl methyl sites for hydroxylation is 2. The molecule has 6 heteroatoms. The van der Waals surface area contributed by atoms with Crippen molar-refractivity contribution in [3.8, 4) is 11.3 Å². The molecule has 1 N–H and O–H groups in total. The van der Waals surface area contributed by atoms with Gasteiger partial charge in [0.15, 0.2) is 5.13 Å². The van der Waals surface area contributed by atoms with E-state index in [0.29, 0.717) is 11.2 Å². The van der Waals surface area contributed by atoms with Gasteiger partial charge in [-0.15, -0.1) is 11.3 Å². The minimum Gasteiger partial charge on any atom is -0.298 e. The van der Waals surface area contributed by atoms with Crippen molar-refractivity contribution in [1.29, 1.82) is 0 Å². The van der Waals surface area contributed by atoms with Crippen LogP contribution in [0.25, 0.3) is 11.3 Å². The molecule has 0 aliphatic rings. The average molecular weight is 344 g/mol. The van der Waals surface area contributed by atoms with E-state index < -0.39 is 17.5 Å². The van der Waals surface area contributed by atoms with Gasteiger partial charge in [0, 0.05) is 17.0 Å². The summed E-state index contributed by atoms with van der Waals surface area (Å²) in [6.45, 7) is 4.05. The van der Waals surface area contributed by atoms with Crippen LogP contribution in [0.1, 0.15) is 21.5 Å². The monoisotopic (exact) mass is 344 g/mol. The molecular weight excluding hydrogens is 330 g/mol. The number of benzene rings is 2. The van der Waals surface area contributed by atoms with Crippen molar-refractivity contribution in [1.82, 2.24) is 4.98 Å². The molecule has 0 radical (unpaired) electrons.